The molecule has 0 bridgehead atoms. The Morgan fingerprint density at radius 3 is 2.40 bits per heavy atom. The molecule has 0 atom stereocenters. The van der Waals surface area contributed by atoms with Crippen molar-refractivity contribution in [3.05, 3.63) is 5.82 Å². The number of hydrogen-bond acceptors (Lipinski definition) is 5. The van der Waals surface area contributed by atoms with Gasteiger partial charge in [-0.15, -0.1) is 10.2 Å². The summed E-state index contributed by atoms with van der Waals surface area (Å²) in [5.41, 5.74) is 0. The second-order valence-electron chi connectivity index (χ2n) is 4.69. The van der Waals surface area contributed by atoms with Gasteiger partial charge in [-0.25, -0.2) is 4.68 Å². The summed E-state index contributed by atoms with van der Waals surface area (Å²) in [6.45, 7) is 7.85. The number of carbonyl (C=O) groups is 1. The summed E-state index contributed by atoms with van der Waals surface area (Å²) in [5, 5.41) is 8.69. The number of nitrogens with zero attached hydrogens (tertiary/aromatic N) is 4. The molecule has 0 aliphatic heterocycles. The molecule has 0 aliphatic rings. The Bertz CT molecular complexity index is 415. The predicted molar refractivity (Wildman–Crippen MR) is 82.1 cm³/mol. The predicted octanol–water partition coefficient (Wildman–Crippen LogP) is 1.69. The number of nitrogens with two attached hydrogens (primary N) is 1. The van der Waals surface area contributed by atoms with Crippen molar-refractivity contribution in [2.24, 2.45) is 0 Å². The first-order chi connectivity index (χ1) is 9.63. The van der Waals surface area contributed by atoms with Crippen molar-refractivity contribution >= 4 is 17.7 Å². The van der Waals surface area contributed by atoms with Crippen molar-refractivity contribution in [1.29, 1.82) is 0 Å². The van der Waals surface area contributed by atoms with E-state index in [2.05, 4.69) is 31.0 Å². The van der Waals surface area contributed by atoms with Crippen molar-refractivity contribution in [2.75, 3.05) is 24.7 Å². The number of aromatic nitrogens is 3. The minimum Gasteiger partial charge on any atom is -0.342 e. The van der Waals surface area contributed by atoms with Crippen LogP contribution in [0.15, 0.2) is 5.16 Å². The lowest BCUT2D eigenvalue weighted by Gasteiger charge is -2.20. The van der Waals surface area contributed by atoms with Gasteiger partial charge >= 0.3 is 0 Å². The standard InChI is InChI=1S/C13H25N5OS/c1-4-7-11-15-16-13(18(11)14)20-10-12(19)17(8-5-2)9-6-3/h4-10,14H2,1-3H3. The van der Waals surface area contributed by atoms with Gasteiger partial charge in [0.2, 0.25) is 11.1 Å². The van der Waals surface area contributed by atoms with Crippen LogP contribution in [0.5, 0.6) is 0 Å². The summed E-state index contributed by atoms with van der Waals surface area (Å²) in [4.78, 5) is 14.0. The summed E-state index contributed by atoms with van der Waals surface area (Å²) in [7, 11) is 0. The van der Waals surface area contributed by atoms with Crippen LogP contribution in [0.3, 0.4) is 0 Å². The van der Waals surface area contributed by atoms with Crippen LogP contribution >= 0.6 is 11.8 Å². The van der Waals surface area contributed by atoms with E-state index in [0.29, 0.717) is 10.9 Å². The van der Waals surface area contributed by atoms with Crippen LogP contribution in [0.25, 0.3) is 0 Å². The molecule has 1 aromatic rings. The van der Waals surface area contributed by atoms with Crippen LogP contribution < -0.4 is 5.84 Å². The molecule has 0 unspecified atom stereocenters. The van der Waals surface area contributed by atoms with Gasteiger partial charge < -0.3 is 10.7 Å². The summed E-state index contributed by atoms with van der Waals surface area (Å²) < 4.78 is 1.49. The van der Waals surface area contributed by atoms with Gasteiger partial charge in [-0.2, -0.15) is 0 Å². The largest absolute Gasteiger partial charge is 0.342 e. The second kappa shape index (κ2) is 8.84. The average Bonchev–Trinajstić information content (AvgIpc) is 2.77. The Morgan fingerprint density at radius 2 is 1.85 bits per heavy atom. The van der Waals surface area contributed by atoms with Gasteiger partial charge in [0.25, 0.3) is 0 Å². The molecule has 0 spiro atoms. The Hall–Kier alpha value is -1.24. The zero-order valence-electron chi connectivity index (χ0n) is 12.6. The number of thioether (sulfide) groups is 1. The Labute approximate surface area is 125 Å². The molecule has 7 heteroatoms. The molecule has 1 aromatic heterocycles. The van der Waals surface area contributed by atoms with Crippen LogP contribution in [0.1, 0.15) is 45.9 Å². The van der Waals surface area contributed by atoms with E-state index in [1.807, 2.05) is 4.90 Å². The summed E-state index contributed by atoms with van der Waals surface area (Å²) in [6, 6.07) is 0. The van der Waals surface area contributed by atoms with Gasteiger partial charge in [0.05, 0.1) is 5.75 Å². The smallest absolute Gasteiger partial charge is 0.233 e. The SMILES string of the molecule is CCCc1nnc(SCC(=O)N(CCC)CCC)n1N. The van der Waals surface area contributed by atoms with E-state index in [0.717, 1.165) is 44.6 Å². The summed E-state index contributed by atoms with van der Waals surface area (Å²) in [5.74, 6) is 7.18. The first-order valence-electron chi connectivity index (χ1n) is 7.23. The highest BCUT2D eigenvalue weighted by Crippen LogP contribution is 2.16. The van der Waals surface area contributed by atoms with Gasteiger partial charge in [-0.1, -0.05) is 32.5 Å². The highest BCUT2D eigenvalue weighted by atomic mass is 32.2. The normalized spacial score (nSPS) is 10.8. The molecule has 0 fully saturated rings. The Kier molecular flexibility index (Phi) is 7.43. The monoisotopic (exact) mass is 299 g/mol. The van der Waals surface area contributed by atoms with Crippen LogP contribution in [-0.2, 0) is 11.2 Å². The molecule has 1 rings (SSSR count). The van der Waals surface area contributed by atoms with Crippen LogP contribution in [0.2, 0.25) is 0 Å². The van der Waals surface area contributed by atoms with Gasteiger partial charge in [-0.05, 0) is 19.3 Å². The van der Waals surface area contributed by atoms with Gasteiger partial charge in [-0.3, -0.25) is 4.79 Å². The van der Waals surface area contributed by atoms with E-state index in [9.17, 15) is 4.79 Å². The Balaban J connectivity index is 2.55. The average molecular weight is 299 g/mol. The molecular weight excluding hydrogens is 274 g/mol. The van der Waals surface area contributed by atoms with Crippen LogP contribution in [0, 0.1) is 0 Å². The lowest BCUT2D eigenvalue weighted by Crippen LogP contribution is -2.34. The van der Waals surface area contributed by atoms with Crippen LogP contribution in [-0.4, -0.2) is 44.5 Å². The van der Waals surface area contributed by atoms with Crippen molar-refractivity contribution in [3.8, 4) is 0 Å². The maximum absolute atomic E-state index is 12.1. The maximum atomic E-state index is 12.1. The maximum Gasteiger partial charge on any atom is 0.233 e. The number of rotatable bonds is 9. The third kappa shape index (κ3) is 4.70. The van der Waals surface area contributed by atoms with Gasteiger partial charge in [0.15, 0.2) is 5.82 Å². The number of carbonyl (C=O) groups excluding carboxylic acids is 1. The van der Waals surface area contributed by atoms with Gasteiger partial charge in [0.1, 0.15) is 0 Å². The number of amides is 1. The van der Waals surface area contributed by atoms with Crippen molar-refractivity contribution < 1.29 is 4.79 Å². The summed E-state index contributed by atoms with van der Waals surface area (Å²) >= 11 is 1.36. The molecule has 6 nitrogen and oxygen atoms in total. The quantitative estimate of drug-likeness (QED) is 0.554. The lowest BCUT2D eigenvalue weighted by atomic mass is 10.3. The molecule has 20 heavy (non-hydrogen) atoms. The van der Waals surface area contributed by atoms with Crippen molar-refractivity contribution in [2.45, 2.75) is 51.6 Å². The fourth-order valence-electron chi connectivity index (χ4n) is 1.92. The molecule has 0 aliphatic carbocycles. The first kappa shape index (κ1) is 16.8. The van der Waals surface area contributed by atoms with Crippen molar-refractivity contribution in [3.63, 3.8) is 0 Å². The highest BCUT2D eigenvalue weighted by molar-refractivity contribution is 7.99. The molecule has 0 aromatic carbocycles. The minimum atomic E-state index is 0.138. The topological polar surface area (TPSA) is 77.0 Å². The lowest BCUT2D eigenvalue weighted by molar-refractivity contribution is -0.128. The zero-order chi connectivity index (χ0) is 15.0. The van der Waals surface area contributed by atoms with Gasteiger partial charge in [0, 0.05) is 19.5 Å². The first-order valence-corrected chi connectivity index (χ1v) is 8.22. The van der Waals surface area contributed by atoms with E-state index < -0.39 is 0 Å². The summed E-state index contributed by atoms with van der Waals surface area (Å²) in [6.07, 6.45) is 3.73. The van der Waals surface area contributed by atoms with E-state index in [1.54, 1.807) is 0 Å². The third-order valence-corrected chi connectivity index (χ3v) is 3.80. The number of aryl methyl sites for hydroxylation is 1. The van der Waals surface area contributed by atoms with Crippen molar-refractivity contribution in [1.82, 2.24) is 19.8 Å². The molecule has 0 saturated carbocycles. The molecule has 0 radical (unpaired) electrons. The number of hydrogen-bond donors (Lipinski definition) is 1. The highest BCUT2D eigenvalue weighted by Gasteiger charge is 2.15. The molecule has 114 valence electrons. The third-order valence-electron chi connectivity index (χ3n) is 2.87. The van der Waals surface area contributed by atoms with E-state index in [4.69, 9.17) is 5.84 Å². The van der Waals surface area contributed by atoms with Crippen LogP contribution in [0.4, 0.5) is 0 Å². The number of nitrogen functional groups attached to an aromatic ring is 1. The molecule has 2 N–H and O–H groups in total. The molecular formula is C13H25N5OS. The van der Waals surface area contributed by atoms with E-state index in [1.165, 1.54) is 16.4 Å². The second-order valence-corrected chi connectivity index (χ2v) is 5.63. The Morgan fingerprint density at radius 1 is 1.20 bits per heavy atom. The van der Waals surface area contributed by atoms with E-state index in [-0.39, 0.29) is 5.91 Å². The molecule has 1 amide bonds. The minimum absolute atomic E-state index is 0.138. The fourth-order valence-corrected chi connectivity index (χ4v) is 2.70. The zero-order valence-corrected chi connectivity index (χ0v) is 13.4. The molecule has 0 saturated heterocycles. The van der Waals surface area contributed by atoms with E-state index >= 15 is 0 Å². The fraction of sp³-hybridized carbons (Fsp3) is 0.769. The molecule has 1 heterocycles.